The van der Waals surface area contributed by atoms with E-state index in [1.807, 2.05) is 6.92 Å². The highest BCUT2D eigenvalue weighted by Crippen LogP contribution is 2.28. The fourth-order valence-corrected chi connectivity index (χ4v) is 1.64. The molecule has 1 rings (SSSR count). The maximum atomic E-state index is 11.3. The first-order valence-electron chi connectivity index (χ1n) is 4.99. The van der Waals surface area contributed by atoms with Gasteiger partial charge in [-0.3, -0.25) is 4.79 Å². The summed E-state index contributed by atoms with van der Waals surface area (Å²) in [5.74, 6) is 2.12. The van der Waals surface area contributed by atoms with Gasteiger partial charge in [0.15, 0.2) is 5.78 Å². The first-order valence-corrected chi connectivity index (χ1v) is 4.99. The highest BCUT2D eigenvalue weighted by molar-refractivity contribution is 5.91. The van der Waals surface area contributed by atoms with Gasteiger partial charge in [0, 0.05) is 18.9 Å². The van der Waals surface area contributed by atoms with Crippen molar-refractivity contribution in [2.45, 2.75) is 33.6 Å². The molecule has 1 aliphatic rings. The lowest BCUT2D eigenvalue weighted by molar-refractivity contribution is -0.116. The molecule has 0 aromatic rings. The second kappa shape index (κ2) is 4.45. The average molecular weight is 182 g/mol. The number of allylic oxidation sites excluding steroid dienone is 2. The Labute approximate surface area is 80.0 Å². The normalized spacial score (nSPS) is 23.2. The highest BCUT2D eigenvalue weighted by atomic mass is 16.5. The van der Waals surface area contributed by atoms with Crippen LogP contribution in [-0.2, 0) is 9.53 Å². The SMILES string of the molecule is CCOC1=CC(=O)C[C@@H](C(C)C)C1. The predicted octanol–water partition coefficient (Wildman–Crippen LogP) is 2.54. The lowest BCUT2D eigenvalue weighted by Gasteiger charge is -2.24. The Kier molecular flexibility index (Phi) is 3.52. The molecule has 2 nitrogen and oxygen atoms in total. The van der Waals surface area contributed by atoms with Gasteiger partial charge in [-0.05, 0) is 18.8 Å². The molecule has 0 unspecified atom stereocenters. The second-order valence-corrected chi connectivity index (χ2v) is 3.92. The van der Waals surface area contributed by atoms with Gasteiger partial charge in [0.25, 0.3) is 0 Å². The number of rotatable bonds is 3. The predicted molar refractivity (Wildman–Crippen MR) is 52.3 cm³/mol. The molecule has 0 fully saturated rings. The largest absolute Gasteiger partial charge is 0.498 e. The first kappa shape index (κ1) is 10.3. The van der Waals surface area contributed by atoms with Crippen molar-refractivity contribution in [1.82, 2.24) is 0 Å². The van der Waals surface area contributed by atoms with Crippen LogP contribution in [0.1, 0.15) is 33.6 Å². The van der Waals surface area contributed by atoms with E-state index in [1.165, 1.54) is 0 Å². The number of hydrogen-bond donors (Lipinski definition) is 0. The maximum absolute atomic E-state index is 11.3. The molecule has 0 heterocycles. The van der Waals surface area contributed by atoms with Gasteiger partial charge in [-0.1, -0.05) is 13.8 Å². The van der Waals surface area contributed by atoms with Gasteiger partial charge in [-0.2, -0.15) is 0 Å². The first-order chi connectivity index (χ1) is 6.13. The average Bonchev–Trinajstić information content (AvgIpc) is 2.03. The van der Waals surface area contributed by atoms with Crippen LogP contribution in [0.2, 0.25) is 0 Å². The van der Waals surface area contributed by atoms with Crippen molar-refractivity contribution in [2.24, 2.45) is 11.8 Å². The molecule has 1 atom stereocenters. The molecule has 0 amide bonds. The molecule has 0 spiro atoms. The van der Waals surface area contributed by atoms with Gasteiger partial charge in [0.2, 0.25) is 0 Å². The Balaban J connectivity index is 2.61. The molecule has 0 saturated heterocycles. The van der Waals surface area contributed by atoms with Crippen molar-refractivity contribution < 1.29 is 9.53 Å². The van der Waals surface area contributed by atoms with Gasteiger partial charge in [-0.25, -0.2) is 0 Å². The molecule has 0 aliphatic heterocycles. The standard InChI is InChI=1S/C11H18O2/c1-4-13-11-6-9(8(2)3)5-10(12)7-11/h7-9H,4-6H2,1-3H3/t9-/m1/s1. The van der Waals surface area contributed by atoms with Crippen LogP contribution in [-0.4, -0.2) is 12.4 Å². The van der Waals surface area contributed by atoms with Crippen molar-refractivity contribution in [3.8, 4) is 0 Å². The van der Waals surface area contributed by atoms with E-state index in [1.54, 1.807) is 6.08 Å². The third-order valence-corrected chi connectivity index (χ3v) is 2.52. The van der Waals surface area contributed by atoms with E-state index in [4.69, 9.17) is 4.74 Å². The fraction of sp³-hybridized carbons (Fsp3) is 0.727. The van der Waals surface area contributed by atoms with Crippen molar-refractivity contribution in [2.75, 3.05) is 6.61 Å². The van der Waals surface area contributed by atoms with Crippen LogP contribution in [0, 0.1) is 11.8 Å². The summed E-state index contributed by atoms with van der Waals surface area (Å²) in [5.41, 5.74) is 0. The summed E-state index contributed by atoms with van der Waals surface area (Å²) < 4.78 is 5.37. The van der Waals surface area contributed by atoms with E-state index < -0.39 is 0 Å². The summed E-state index contributed by atoms with van der Waals surface area (Å²) in [6.45, 7) is 6.92. The molecule has 2 heteroatoms. The molecule has 0 N–H and O–H groups in total. The summed E-state index contributed by atoms with van der Waals surface area (Å²) in [4.78, 5) is 11.3. The van der Waals surface area contributed by atoms with Crippen LogP contribution < -0.4 is 0 Å². The van der Waals surface area contributed by atoms with E-state index in [0.717, 1.165) is 12.2 Å². The molecule has 13 heavy (non-hydrogen) atoms. The van der Waals surface area contributed by atoms with Crippen LogP contribution in [0.3, 0.4) is 0 Å². The van der Waals surface area contributed by atoms with Gasteiger partial charge in [0.05, 0.1) is 12.4 Å². The summed E-state index contributed by atoms with van der Waals surface area (Å²) in [7, 11) is 0. The topological polar surface area (TPSA) is 26.3 Å². The molecular formula is C11H18O2. The lowest BCUT2D eigenvalue weighted by atomic mass is 9.84. The quantitative estimate of drug-likeness (QED) is 0.670. The smallest absolute Gasteiger partial charge is 0.159 e. The minimum absolute atomic E-state index is 0.216. The van der Waals surface area contributed by atoms with Crippen LogP contribution >= 0.6 is 0 Å². The zero-order valence-corrected chi connectivity index (χ0v) is 8.67. The molecule has 0 radical (unpaired) electrons. The van der Waals surface area contributed by atoms with E-state index in [2.05, 4.69) is 13.8 Å². The lowest BCUT2D eigenvalue weighted by Crippen LogP contribution is -2.19. The van der Waals surface area contributed by atoms with Gasteiger partial charge in [-0.15, -0.1) is 0 Å². The number of ketones is 1. The highest BCUT2D eigenvalue weighted by Gasteiger charge is 2.23. The van der Waals surface area contributed by atoms with Crippen LogP contribution in [0.4, 0.5) is 0 Å². The second-order valence-electron chi connectivity index (χ2n) is 3.92. The Morgan fingerprint density at radius 1 is 1.54 bits per heavy atom. The monoisotopic (exact) mass is 182 g/mol. The summed E-state index contributed by atoms with van der Waals surface area (Å²) >= 11 is 0. The Morgan fingerprint density at radius 2 is 2.23 bits per heavy atom. The number of ether oxygens (including phenoxy) is 1. The summed E-state index contributed by atoms with van der Waals surface area (Å²) in [6.07, 6.45) is 3.27. The number of hydrogen-bond acceptors (Lipinski definition) is 2. The van der Waals surface area contributed by atoms with Crippen molar-refractivity contribution in [3.05, 3.63) is 11.8 Å². The van der Waals surface area contributed by atoms with Crippen molar-refractivity contribution >= 4 is 5.78 Å². The molecular weight excluding hydrogens is 164 g/mol. The zero-order chi connectivity index (χ0) is 9.84. The van der Waals surface area contributed by atoms with E-state index in [-0.39, 0.29) is 5.78 Å². The Hall–Kier alpha value is -0.790. The number of carbonyl (C=O) groups excluding carboxylic acids is 1. The molecule has 74 valence electrons. The maximum Gasteiger partial charge on any atom is 0.159 e. The van der Waals surface area contributed by atoms with Crippen LogP contribution in [0.5, 0.6) is 0 Å². The van der Waals surface area contributed by atoms with E-state index in [0.29, 0.717) is 24.9 Å². The molecule has 0 bridgehead atoms. The van der Waals surface area contributed by atoms with E-state index in [9.17, 15) is 4.79 Å². The third kappa shape index (κ3) is 2.87. The van der Waals surface area contributed by atoms with E-state index >= 15 is 0 Å². The zero-order valence-electron chi connectivity index (χ0n) is 8.67. The van der Waals surface area contributed by atoms with Gasteiger partial charge < -0.3 is 4.74 Å². The minimum atomic E-state index is 0.216. The third-order valence-electron chi connectivity index (χ3n) is 2.52. The van der Waals surface area contributed by atoms with Crippen LogP contribution in [0.15, 0.2) is 11.8 Å². The molecule has 0 saturated carbocycles. The number of carbonyl (C=O) groups is 1. The summed E-state index contributed by atoms with van der Waals surface area (Å²) in [6, 6.07) is 0. The molecule has 0 aromatic carbocycles. The Bertz CT molecular complexity index is 216. The Morgan fingerprint density at radius 3 is 2.77 bits per heavy atom. The van der Waals surface area contributed by atoms with Crippen LogP contribution in [0.25, 0.3) is 0 Å². The molecule has 1 aliphatic carbocycles. The van der Waals surface area contributed by atoms with Crippen molar-refractivity contribution in [1.29, 1.82) is 0 Å². The minimum Gasteiger partial charge on any atom is -0.498 e. The van der Waals surface area contributed by atoms with Gasteiger partial charge >= 0.3 is 0 Å². The van der Waals surface area contributed by atoms with Crippen molar-refractivity contribution in [3.63, 3.8) is 0 Å². The fourth-order valence-electron chi connectivity index (χ4n) is 1.64. The van der Waals surface area contributed by atoms with Gasteiger partial charge in [0.1, 0.15) is 0 Å². The summed E-state index contributed by atoms with van der Waals surface area (Å²) in [5, 5.41) is 0. The molecule has 0 aromatic heterocycles.